The molecule has 1 aliphatic rings. The summed E-state index contributed by atoms with van der Waals surface area (Å²) in [6.45, 7) is 3.45. The Labute approximate surface area is 200 Å². The average molecular weight is 483 g/mol. The molecule has 0 radical (unpaired) electrons. The van der Waals surface area contributed by atoms with Gasteiger partial charge >= 0.3 is 5.97 Å². The maximum atomic E-state index is 11.8. The number of aromatic nitrogens is 4. The Balaban J connectivity index is 1.66. The monoisotopic (exact) mass is 482 g/mol. The van der Waals surface area contributed by atoms with Gasteiger partial charge in [-0.1, -0.05) is 17.4 Å². The average Bonchev–Trinajstić information content (AvgIpc) is 3.19. The fourth-order valence-electron chi connectivity index (χ4n) is 3.84. The van der Waals surface area contributed by atoms with E-state index in [0.29, 0.717) is 35.6 Å². The number of carboxylic acid groups (broad SMARTS) is 1. The third-order valence-corrected chi connectivity index (χ3v) is 6.65. The Bertz CT molecular complexity index is 1190. The summed E-state index contributed by atoms with van der Waals surface area (Å²) in [4.78, 5) is 45.1. The number of hydrogen-bond donors (Lipinski definition) is 3. The smallest absolute Gasteiger partial charge is 0.347 e. The lowest BCUT2D eigenvalue weighted by Crippen LogP contribution is -2.41. The van der Waals surface area contributed by atoms with Crippen molar-refractivity contribution in [3.63, 3.8) is 0 Å². The van der Waals surface area contributed by atoms with Gasteiger partial charge in [0.25, 0.3) is 0 Å². The molecule has 34 heavy (non-hydrogen) atoms. The molecule has 4 N–H and O–H groups in total. The lowest BCUT2D eigenvalue weighted by atomic mass is 9.97. The van der Waals surface area contributed by atoms with Crippen LogP contribution in [0.4, 0.5) is 22.7 Å². The van der Waals surface area contributed by atoms with Crippen LogP contribution in [0.25, 0.3) is 0 Å². The van der Waals surface area contributed by atoms with E-state index in [9.17, 15) is 14.7 Å². The van der Waals surface area contributed by atoms with Gasteiger partial charge in [-0.3, -0.25) is 15.1 Å². The highest BCUT2D eigenvalue weighted by Crippen LogP contribution is 2.29. The number of primary amides is 1. The van der Waals surface area contributed by atoms with E-state index in [1.165, 1.54) is 0 Å². The van der Waals surface area contributed by atoms with Crippen LogP contribution < -0.4 is 20.9 Å². The van der Waals surface area contributed by atoms with Crippen molar-refractivity contribution in [3.05, 3.63) is 46.7 Å². The summed E-state index contributed by atoms with van der Waals surface area (Å²) >= 11 is 1.03. The van der Waals surface area contributed by atoms with E-state index in [1.807, 2.05) is 35.0 Å². The standard InChI is InChI=1S/C22H26N8O3S/c1-13-18(20(32)33)34-22(25-13)28-21-26-16(29(2)11-14-5-3-7-24-10-14)9-17(27-21)30-8-4-6-15(12-30)19(23)31/h3,5,7,9-10,15H,4,6,8,11-12H2,1-2H3,(H2,23,31)(H,32,33)(H,25,26,27,28). The second-order valence-electron chi connectivity index (χ2n) is 8.18. The number of nitrogens with zero attached hydrogens (tertiary/aromatic N) is 6. The van der Waals surface area contributed by atoms with Crippen molar-refractivity contribution < 1.29 is 14.7 Å². The van der Waals surface area contributed by atoms with E-state index in [1.54, 1.807) is 19.3 Å². The largest absolute Gasteiger partial charge is 0.477 e. The number of nitrogens with one attached hydrogen (secondary N) is 1. The first-order valence-corrected chi connectivity index (χ1v) is 11.6. The summed E-state index contributed by atoms with van der Waals surface area (Å²) in [7, 11) is 1.92. The van der Waals surface area contributed by atoms with Crippen molar-refractivity contribution >= 4 is 45.9 Å². The van der Waals surface area contributed by atoms with Crippen molar-refractivity contribution in [2.24, 2.45) is 11.7 Å². The molecule has 0 saturated carbocycles. The van der Waals surface area contributed by atoms with Gasteiger partial charge in [0.05, 0.1) is 11.6 Å². The van der Waals surface area contributed by atoms with Gasteiger partial charge < -0.3 is 20.6 Å². The summed E-state index contributed by atoms with van der Waals surface area (Å²) in [5, 5.41) is 12.8. The molecule has 4 heterocycles. The van der Waals surface area contributed by atoms with Gasteiger partial charge in [0.1, 0.15) is 16.5 Å². The van der Waals surface area contributed by atoms with Crippen LogP contribution in [0.15, 0.2) is 30.6 Å². The van der Waals surface area contributed by atoms with Crippen LogP contribution in [0.2, 0.25) is 0 Å². The predicted octanol–water partition coefficient (Wildman–Crippen LogP) is 2.42. The van der Waals surface area contributed by atoms with Crippen molar-refractivity contribution in [2.75, 3.05) is 35.3 Å². The molecule has 0 bridgehead atoms. The Kier molecular flexibility index (Phi) is 6.87. The molecule has 1 amide bonds. The number of anilines is 4. The fourth-order valence-corrected chi connectivity index (χ4v) is 4.64. The summed E-state index contributed by atoms with van der Waals surface area (Å²) in [5.74, 6) is 0.0206. The first-order chi connectivity index (χ1) is 16.3. The second kappa shape index (κ2) is 10.00. The molecule has 4 rings (SSSR count). The van der Waals surface area contributed by atoms with Crippen LogP contribution in [0, 0.1) is 12.8 Å². The molecular formula is C22H26N8O3S. The summed E-state index contributed by atoms with van der Waals surface area (Å²) in [5.41, 5.74) is 7.01. The van der Waals surface area contributed by atoms with Gasteiger partial charge in [0.2, 0.25) is 11.9 Å². The van der Waals surface area contributed by atoms with Gasteiger partial charge in [-0.25, -0.2) is 9.78 Å². The highest BCUT2D eigenvalue weighted by Gasteiger charge is 2.26. The maximum absolute atomic E-state index is 11.8. The minimum absolute atomic E-state index is 0.160. The van der Waals surface area contributed by atoms with E-state index in [2.05, 4.69) is 25.3 Å². The number of hydrogen-bond acceptors (Lipinski definition) is 10. The Morgan fingerprint density at radius 3 is 2.85 bits per heavy atom. The zero-order valence-electron chi connectivity index (χ0n) is 18.9. The molecule has 1 atom stereocenters. The minimum Gasteiger partial charge on any atom is -0.477 e. The third kappa shape index (κ3) is 5.39. The van der Waals surface area contributed by atoms with Gasteiger partial charge in [-0.2, -0.15) is 9.97 Å². The van der Waals surface area contributed by atoms with Gasteiger partial charge in [0.15, 0.2) is 5.13 Å². The molecule has 178 valence electrons. The molecule has 11 nitrogen and oxygen atoms in total. The number of aromatic carboxylic acids is 1. The van der Waals surface area contributed by atoms with Crippen LogP contribution in [-0.2, 0) is 11.3 Å². The van der Waals surface area contributed by atoms with Crippen molar-refractivity contribution in [1.82, 2.24) is 19.9 Å². The molecule has 1 fully saturated rings. The van der Waals surface area contributed by atoms with Gasteiger partial charge in [-0.15, -0.1) is 0 Å². The Hall–Kier alpha value is -3.80. The molecular weight excluding hydrogens is 456 g/mol. The Morgan fingerprint density at radius 1 is 1.35 bits per heavy atom. The molecule has 0 aromatic carbocycles. The molecule has 3 aromatic heterocycles. The van der Waals surface area contributed by atoms with E-state index in [0.717, 1.165) is 36.3 Å². The van der Waals surface area contributed by atoms with Gasteiger partial charge in [0, 0.05) is 45.1 Å². The van der Waals surface area contributed by atoms with Gasteiger partial charge in [-0.05, 0) is 31.4 Å². The predicted molar refractivity (Wildman–Crippen MR) is 130 cm³/mol. The molecule has 1 aliphatic heterocycles. The lowest BCUT2D eigenvalue weighted by Gasteiger charge is -2.32. The number of nitrogens with two attached hydrogens (primary N) is 1. The lowest BCUT2D eigenvalue weighted by molar-refractivity contribution is -0.122. The normalized spacial score (nSPS) is 15.7. The van der Waals surface area contributed by atoms with Crippen LogP contribution >= 0.6 is 11.3 Å². The fraction of sp³-hybridized carbons (Fsp3) is 0.364. The number of amides is 1. The first-order valence-electron chi connectivity index (χ1n) is 10.8. The number of carboxylic acids is 1. The summed E-state index contributed by atoms with van der Waals surface area (Å²) < 4.78 is 0. The molecule has 3 aromatic rings. The highest BCUT2D eigenvalue weighted by atomic mass is 32.1. The number of rotatable bonds is 8. The number of thiazole rings is 1. The Morgan fingerprint density at radius 2 is 2.18 bits per heavy atom. The van der Waals surface area contributed by atoms with Crippen LogP contribution in [0.1, 0.15) is 33.8 Å². The minimum atomic E-state index is -1.03. The number of carbonyl (C=O) groups is 2. The number of carbonyl (C=O) groups excluding carboxylic acids is 1. The second-order valence-corrected chi connectivity index (χ2v) is 9.18. The SMILES string of the molecule is Cc1nc(Nc2nc(N(C)Cc3cccnc3)cc(N3CCCC(C(N)=O)C3)n2)sc1C(=O)O. The molecule has 0 spiro atoms. The van der Waals surface area contributed by atoms with Crippen LogP contribution in [0.3, 0.4) is 0 Å². The molecule has 1 unspecified atom stereocenters. The zero-order chi connectivity index (χ0) is 24.2. The molecule has 1 saturated heterocycles. The van der Waals surface area contributed by atoms with E-state index in [4.69, 9.17) is 5.73 Å². The quantitative estimate of drug-likeness (QED) is 0.437. The van der Waals surface area contributed by atoms with Crippen molar-refractivity contribution in [1.29, 1.82) is 0 Å². The number of aryl methyl sites for hydroxylation is 1. The van der Waals surface area contributed by atoms with E-state index in [-0.39, 0.29) is 22.7 Å². The van der Waals surface area contributed by atoms with Crippen LogP contribution in [0.5, 0.6) is 0 Å². The van der Waals surface area contributed by atoms with Crippen LogP contribution in [-0.4, -0.2) is 57.1 Å². The van der Waals surface area contributed by atoms with Crippen molar-refractivity contribution in [3.8, 4) is 0 Å². The summed E-state index contributed by atoms with van der Waals surface area (Å²) in [6, 6.07) is 5.74. The molecule has 12 heteroatoms. The highest BCUT2D eigenvalue weighted by molar-refractivity contribution is 7.17. The number of pyridine rings is 1. The topological polar surface area (TPSA) is 150 Å². The van der Waals surface area contributed by atoms with E-state index < -0.39 is 5.97 Å². The maximum Gasteiger partial charge on any atom is 0.347 e. The van der Waals surface area contributed by atoms with E-state index >= 15 is 0 Å². The zero-order valence-corrected chi connectivity index (χ0v) is 19.7. The molecule has 0 aliphatic carbocycles. The van der Waals surface area contributed by atoms with Crippen molar-refractivity contribution in [2.45, 2.75) is 26.3 Å². The first kappa shape index (κ1) is 23.4. The number of piperidine rings is 1. The third-order valence-electron chi connectivity index (χ3n) is 5.59. The summed E-state index contributed by atoms with van der Waals surface area (Å²) in [6.07, 6.45) is 5.11.